The molecule has 2 aromatic rings. The lowest BCUT2D eigenvalue weighted by Crippen LogP contribution is -2.02. The molecule has 19 heavy (non-hydrogen) atoms. The van der Waals surface area contributed by atoms with Gasteiger partial charge in [-0.05, 0) is 38.1 Å². The monoisotopic (exact) mass is 260 g/mol. The summed E-state index contributed by atoms with van der Waals surface area (Å²) in [6, 6.07) is 5.67. The van der Waals surface area contributed by atoms with Crippen molar-refractivity contribution in [3.05, 3.63) is 47.9 Å². The maximum atomic E-state index is 13.0. The smallest absolute Gasteiger partial charge is 0.339 e. The third-order valence-electron chi connectivity index (χ3n) is 2.87. The van der Waals surface area contributed by atoms with Gasteiger partial charge in [-0.2, -0.15) is 5.10 Å². The number of aromatic carboxylic acids is 1. The minimum Gasteiger partial charge on any atom is -0.478 e. The van der Waals surface area contributed by atoms with Crippen LogP contribution in [0.3, 0.4) is 0 Å². The van der Waals surface area contributed by atoms with Crippen LogP contribution >= 0.6 is 0 Å². The number of carboxylic acid groups (broad SMARTS) is 1. The number of rotatable bonds is 3. The molecule has 1 aromatic carbocycles. The zero-order chi connectivity index (χ0) is 14.0. The first-order valence-electron chi connectivity index (χ1n) is 5.75. The molecule has 0 amide bonds. The van der Waals surface area contributed by atoms with Crippen molar-refractivity contribution >= 4 is 11.7 Å². The zero-order valence-corrected chi connectivity index (χ0v) is 10.6. The minimum atomic E-state index is -1.06. The van der Waals surface area contributed by atoms with E-state index in [4.69, 9.17) is 0 Å². The van der Waals surface area contributed by atoms with E-state index in [0.717, 1.165) is 5.70 Å². The molecule has 0 aliphatic heterocycles. The first kappa shape index (κ1) is 13.0. The molecule has 0 spiro atoms. The molecular weight excluding hydrogens is 247 g/mol. The van der Waals surface area contributed by atoms with Gasteiger partial charge >= 0.3 is 5.97 Å². The zero-order valence-electron chi connectivity index (χ0n) is 10.6. The highest BCUT2D eigenvalue weighted by Gasteiger charge is 2.18. The Morgan fingerprint density at radius 1 is 1.37 bits per heavy atom. The molecule has 0 aliphatic carbocycles. The highest BCUT2D eigenvalue weighted by Crippen LogP contribution is 2.26. The van der Waals surface area contributed by atoms with Gasteiger partial charge in [0.1, 0.15) is 11.4 Å². The summed E-state index contributed by atoms with van der Waals surface area (Å²) < 4.78 is 14.5. The number of hydrogen-bond donors (Lipinski definition) is 1. The van der Waals surface area contributed by atoms with E-state index in [-0.39, 0.29) is 11.4 Å². The topological polar surface area (TPSA) is 55.1 Å². The molecule has 1 aromatic heterocycles. The average molecular weight is 260 g/mol. The lowest BCUT2D eigenvalue weighted by atomic mass is 10.1. The standard InChI is InChI=1S/C14H13FN2O2/c1-3-9(2)17-13(12(8-16-17)14(18)19)10-4-6-11(15)7-5-10/h3-8H,1-2H3,(H,18,19)/b9-3+. The number of benzene rings is 1. The van der Waals surface area contributed by atoms with Crippen LogP contribution in [0.5, 0.6) is 0 Å². The van der Waals surface area contributed by atoms with Crippen molar-refractivity contribution in [1.29, 1.82) is 0 Å². The van der Waals surface area contributed by atoms with Crippen LogP contribution in [-0.4, -0.2) is 20.9 Å². The van der Waals surface area contributed by atoms with Crippen LogP contribution in [0.1, 0.15) is 24.2 Å². The van der Waals surface area contributed by atoms with Gasteiger partial charge < -0.3 is 5.11 Å². The van der Waals surface area contributed by atoms with Crippen molar-refractivity contribution in [3.8, 4) is 11.3 Å². The number of allylic oxidation sites excluding steroid dienone is 2. The Labute approximate surface area is 109 Å². The van der Waals surface area contributed by atoms with Crippen LogP contribution in [-0.2, 0) is 0 Å². The Hall–Kier alpha value is -2.43. The maximum Gasteiger partial charge on any atom is 0.339 e. The fourth-order valence-corrected chi connectivity index (χ4v) is 1.78. The van der Waals surface area contributed by atoms with Gasteiger partial charge in [0.15, 0.2) is 0 Å². The third kappa shape index (κ3) is 2.40. The molecule has 1 heterocycles. The first-order chi connectivity index (χ1) is 9.04. The minimum absolute atomic E-state index is 0.0906. The quantitative estimate of drug-likeness (QED) is 0.921. The Morgan fingerprint density at radius 2 is 2.00 bits per heavy atom. The van der Waals surface area contributed by atoms with Crippen LogP contribution in [0.4, 0.5) is 4.39 Å². The van der Waals surface area contributed by atoms with Gasteiger partial charge in [-0.3, -0.25) is 0 Å². The molecule has 5 heteroatoms. The molecule has 98 valence electrons. The van der Waals surface area contributed by atoms with Crippen molar-refractivity contribution in [2.45, 2.75) is 13.8 Å². The summed E-state index contributed by atoms with van der Waals surface area (Å²) in [7, 11) is 0. The highest BCUT2D eigenvalue weighted by atomic mass is 19.1. The predicted molar refractivity (Wildman–Crippen MR) is 70.2 cm³/mol. The largest absolute Gasteiger partial charge is 0.478 e. The Kier molecular flexibility index (Phi) is 3.46. The lowest BCUT2D eigenvalue weighted by Gasteiger charge is -2.08. The summed E-state index contributed by atoms with van der Waals surface area (Å²) in [4.78, 5) is 11.2. The molecule has 2 rings (SSSR count). The molecule has 4 nitrogen and oxygen atoms in total. The van der Waals surface area contributed by atoms with Crippen LogP contribution in [0, 0.1) is 5.82 Å². The second kappa shape index (κ2) is 5.06. The number of nitrogens with zero attached hydrogens (tertiary/aromatic N) is 2. The van der Waals surface area contributed by atoms with Gasteiger partial charge in [-0.1, -0.05) is 6.08 Å². The van der Waals surface area contributed by atoms with Gasteiger partial charge in [0, 0.05) is 11.3 Å². The maximum absolute atomic E-state index is 13.0. The van der Waals surface area contributed by atoms with Crippen LogP contribution in [0.25, 0.3) is 17.0 Å². The number of carboxylic acids is 1. The SMILES string of the molecule is C/C=C(\C)n1ncc(C(=O)O)c1-c1ccc(F)cc1. The molecule has 1 N–H and O–H groups in total. The van der Waals surface area contributed by atoms with E-state index in [2.05, 4.69) is 5.10 Å². The highest BCUT2D eigenvalue weighted by molar-refractivity contribution is 5.95. The van der Waals surface area contributed by atoms with Crippen molar-refractivity contribution < 1.29 is 14.3 Å². The van der Waals surface area contributed by atoms with Gasteiger partial charge in [0.05, 0.1) is 11.9 Å². The number of carbonyl (C=O) groups is 1. The van der Waals surface area contributed by atoms with E-state index < -0.39 is 5.97 Å². The van der Waals surface area contributed by atoms with E-state index in [9.17, 15) is 14.3 Å². The fraction of sp³-hybridized carbons (Fsp3) is 0.143. The third-order valence-corrected chi connectivity index (χ3v) is 2.87. The Bertz CT molecular complexity index is 642. The van der Waals surface area contributed by atoms with Crippen molar-refractivity contribution in [1.82, 2.24) is 9.78 Å². The summed E-state index contributed by atoms with van der Waals surface area (Å²) in [6.07, 6.45) is 3.12. The second-order valence-corrected chi connectivity index (χ2v) is 4.06. The first-order valence-corrected chi connectivity index (χ1v) is 5.75. The lowest BCUT2D eigenvalue weighted by molar-refractivity contribution is 0.0698. The summed E-state index contributed by atoms with van der Waals surface area (Å²) in [6.45, 7) is 3.66. The van der Waals surface area contributed by atoms with E-state index in [1.54, 1.807) is 0 Å². The normalized spacial score (nSPS) is 11.6. The molecule has 0 atom stereocenters. The van der Waals surface area contributed by atoms with Gasteiger partial charge in [0.2, 0.25) is 0 Å². The van der Waals surface area contributed by atoms with Crippen LogP contribution in [0.15, 0.2) is 36.5 Å². The van der Waals surface area contributed by atoms with E-state index >= 15 is 0 Å². The van der Waals surface area contributed by atoms with E-state index in [1.165, 1.54) is 35.1 Å². The molecule has 0 aliphatic rings. The van der Waals surface area contributed by atoms with Gasteiger partial charge in [-0.15, -0.1) is 0 Å². The Balaban J connectivity index is 2.68. The molecule has 0 unspecified atom stereocenters. The summed E-state index contributed by atoms with van der Waals surface area (Å²) in [5.74, 6) is -1.43. The van der Waals surface area contributed by atoms with E-state index in [0.29, 0.717) is 11.3 Å². The predicted octanol–water partition coefficient (Wildman–Crippen LogP) is 3.27. The molecule has 0 bridgehead atoms. The van der Waals surface area contributed by atoms with Crippen LogP contribution in [0.2, 0.25) is 0 Å². The molecule has 0 saturated carbocycles. The van der Waals surface area contributed by atoms with Gasteiger partial charge in [-0.25, -0.2) is 13.9 Å². The van der Waals surface area contributed by atoms with Crippen molar-refractivity contribution in [2.75, 3.05) is 0 Å². The summed E-state index contributed by atoms with van der Waals surface area (Å²) in [5, 5.41) is 13.3. The molecule has 0 radical (unpaired) electrons. The number of halogens is 1. The number of hydrogen-bond acceptors (Lipinski definition) is 2. The number of aromatic nitrogens is 2. The molecule has 0 fully saturated rings. The summed E-state index contributed by atoms with van der Waals surface area (Å²) >= 11 is 0. The van der Waals surface area contributed by atoms with Crippen molar-refractivity contribution in [2.24, 2.45) is 0 Å². The van der Waals surface area contributed by atoms with Gasteiger partial charge in [0.25, 0.3) is 0 Å². The summed E-state index contributed by atoms with van der Waals surface area (Å²) in [5.41, 5.74) is 1.94. The second-order valence-electron chi connectivity index (χ2n) is 4.06. The van der Waals surface area contributed by atoms with E-state index in [1.807, 2.05) is 19.9 Å². The fourth-order valence-electron chi connectivity index (χ4n) is 1.78. The molecule has 0 saturated heterocycles. The van der Waals surface area contributed by atoms with Crippen molar-refractivity contribution in [3.63, 3.8) is 0 Å². The Morgan fingerprint density at radius 3 is 2.53 bits per heavy atom. The van der Waals surface area contributed by atoms with Crippen LogP contribution < -0.4 is 0 Å². The average Bonchev–Trinajstić information content (AvgIpc) is 2.83. The molecular formula is C14H13FN2O2.